The molecular formula is C31H34N4O3. The molecule has 7 nitrogen and oxygen atoms in total. The molecule has 2 amide bonds. The summed E-state index contributed by atoms with van der Waals surface area (Å²) in [6.07, 6.45) is 0.114. The van der Waals surface area contributed by atoms with Crippen LogP contribution in [0.4, 0.5) is 10.5 Å². The standard InChI is InChI=1S/C31H34N4O3/c1-22-12-13-26(29(36)34-20-18-23-9-6-5-7-10-23)21-25(22)11-8-19-33-27-16-14-24(15-17-27)28(32)35-30(37)38-31(2,3)4/h5-7,9-10,12-17,21,33H,18-20H2,1-4H3,(H,34,36)(H2,32,35,37). The van der Waals surface area contributed by atoms with Gasteiger partial charge in [0.15, 0.2) is 0 Å². The van der Waals surface area contributed by atoms with E-state index in [2.05, 4.69) is 27.8 Å². The highest BCUT2D eigenvalue weighted by Crippen LogP contribution is 2.12. The van der Waals surface area contributed by atoms with Gasteiger partial charge in [0.2, 0.25) is 0 Å². The summed E-state index contributed by atoms with van der Waals surface area (Å²) in [4.78, 5) is 24.5. The molecule has 3 rings (SSSR count). The molecule has 0 saturated carbocycles. The Bertz CT molecular complexity index is 1330. The predicted molar refractivity (Wildman–Crippen MR) is 152 cm³/mol. The van der Waals surface area contributed by atoms with Crippen molar-refractivity contribution in [1.82, 2.24) is 10.6 Å². The molecule has 3 aromatic rings. The summed E-state index contributed by atoms with van der Waals surface area (Å²) < 4.78 is 5.18. The molecule has 196 valence electrons. The number of aryl methyl sites for hydroxylation is 1. The number of amidine groups is 1. The molecule has 0 spiro atoms. The van der Waals surface area contributed by atoms with E-state index in [-0.39, 0.29) is 11.7 Å². The molecule has 0 aliphatic carbocycles. The van der Waals surface area contributed by atoms with Gasteiger partial charge in [0.1, 0.15) is 11.4 Å². The molecule has 0 atom stereocenters. The van der Waals surface area contributed by atoms with Crippen molar-refractivity contribution >= 4 is 23.5 Å². The Morgan fingerprint density at radius 1 is 0.947 bits per heavy atom. The molecule has 0 bridgehead atoms. The first-order valence-electron chi connectivity index (χ1n) is 12.5. The van der Waals surface area contributed by atoms with Gasteiger partial charge in [-0.25, -0.2) is 4.79 Å². The summed E-state index contributed by atoms with van der Waals surface area (Å²) in [6.45, 7) is 8.23. The van der Waals surface area contributed by atoms with Crippen molar-refractivity contribution in [2.75, 3.05) is 18.4 Å². The number of rotatable bonds is 7. The van der Waals surface area contributed by atoms with Crippen LogP contribution in [-0.4, -0.2) is 36.5 Å². The zero-order chi connectivity index (χ0) is 27.5. The molecule has 0 fully saturated rings. The number of carbonyl (C=O) groups is 2. The maximum absolute atomic E-state index is 12.6. The van der Waals surface area contributed by atoms with Gasteiger partial charge in [-0.3, -0.25) is 15.5 Å². The van der Waals surface area contributed by atoms with E-state index in [0.717, 1.165) is 23.2 Å². The Hall–Kier alpha value is -4.57. The summed E-state index contributed by atoms with van der Waals surface area (Å²) in [6, 6.07) is 22.7. The van der Waals surface area contributed by atoms with E-state index < -0.39 is 11.7 Å². The minimum atomic E-state index is -0.663. The van der Waals surface area contributed by atoms with E-state index >= 15 is 0 Å². The van der Waals surface area contributed by atoms with Crippen LogP contribution < -0.4 is 16.0 Å². The van der Waals surface area contributed by atoms with Gasteiger partial charge in [0.25, 0.3) is 5.91 Å². The Labute approximate surface area is 224 Å². The molecule has 0 aliphatic heterocycles. The molecule has 38 heavy (non-hydrogen) atoms. The summed E-state index contributed by atoms with van der Waals surface area (Å²) in [5.74, 6) is 6.09. The van der Waals surface area contributed by atoms with Gasteiger partial charge in [-0.05, 0) is 81.6 Å². The highest BCUT2D eigenvalue weighted by atomic mass is 16.6. The molecule has 0 aromatic heterocycles. The zero-order valence-corrected chi connectivity index (χ0v) is 22.3. The van der Waals surface area contributed by atoms with Crippen LogP contribution in [0.1, 0.15) is 53.4 Å². The highest BCUT2D eigenvalue weighted by molar-refractivity contribution is 6.04. The second-order valence-electron chi connectivity index (χ2n) is 9.76. The summed E-state index contributed by atoms with van der Waals surface area (Å²) in [5, 5.41) is 16.7. The SMILES string of the molecule is Cc1ccc(C(=O)NCCc2ccccc2)cc1C#CCNc1ccc(C(=N)NC(=O)OC(C)(C)C)cc1. The van der Waals surface area contributed by atoms with Gasteiger partial charge < -0.3 is 15.4 Å². The number of alkyl carbamates (subject to hydrolysis) is 1. The zero-order valence-electron chi connectivity index (χ0n) is 22.3. The third-order valence-corrected chi connectivity index (χ3v) is 5.45. The number of benzene rings is 3. The lowest BCUT2D eigenvalue weighted by Crippen LogP contribution is -2.36. The van der Waals surface area contributed by atoms with Gasteiger partial charge in [-0.2, -0.15) is 0 Å². The van der Waals surface area contributed by atoms with Crippen LogP contribution in [0.5, 0.6) is 0 Å². The van der Waals surface area contributed by atoms with Gasteiger partial charge in [-0.1, -0.05) is 48.2 Å². The van der Waals surface area contributed by atoms with E-state index in [1.165, 1.54) is 5.56 Å². The Morgan fingerprint density at radius 2 is 1.63 bits per heavy atom. The number of hydrogen-bond donors (Lipinski definition) is 4. The van der Waals surface area contributed by atoms with E-state index in [4.69, 9.17) is 10.1 Å². The van der Waals surface area contributed by atoms with Crippen molar-refractivity contribution < 1.29 is 14.3 Å². The predicted octanol–water partition coefficient (Wildman–Crippen LogP) is 5.28. The Morgan fingerprint density at radius 3 is 2.32 bits per heavy atom. The third-order valence-electron chi connectivity index (χ3n) is 5.45. The minimum Gasteiger partial charge on any atom is -0.444 e. The third kappa shape index (κ3) is 9.14. The fourth-order valence-corrected chi connectivity index (χ4v) is 3.48. The van der Waals surface area contributed by atoms with Crippen LogP contribution in [0, 0.1) is 24.2 Å². The largest absolute Gasteiger partial charge is 0.444 e. The van der Waals surface area contributed by atoms with Crippen molar-refractivity contribution in [3.8, 4) is 11.8 Å². The molecule has 0 unspecified atom stereocenters. The molecule has 0 aliphatic rings. The van der Waals surface area contributed by atoms with Crippen molar-refractivity contribution in [3.05, 3.63) is 101 Å². The second kappa shape index (κ2) is 13.1. The molecule has 0 saturated heterocycles. The molecular weight excluding hydrogens is 476 g/mol. The van der Waals surface area contributed by atoms with Crippen LogP contribution in [0.3, 0.4) is 0 Å². The highest BCUT2D eigenvalue weighted by Gasteiger charge is 2.17. The number of amides is 2. The summed E-state index contributed by atoms with van der Waals surface area (Å²) in [5.41, 5.74) is 4.32. The topological polar surface area (TPSA) is 103 Å². The number of carbonyl (C=O) groups excluding carboxylic acids is 2. The minimum absolute atomic E-state index is 0.0370. The normalized spacial score (nSPS) is 10.5. The Balaban J connectivity index is 1.50. The number of nitrogens with one attached hydrogen (secondary N) is 4. The number of anilines is 1. The van der Waals surface area contributed by atoms with Crippen molar-refractivity contribution in [2.24, 2.45) is 0 Å². The van der Waals surface area contributed by atoms with Gasteiger partial charge >= 0.3 is 6.09 Å². The van der Waals surface area contributed by atoms with Gasteiger partial charge in [-0.15, -0.1) is 0 Å². The fourth-order valence-electron chi connectivity index (χ4n) is 3.48. The molecule has 7 heteroatoms. The van der Waals surface area contributed by atoms with Crippen LogP contribution in [0.25, 0.3) is 0 Å². The first kappa shape index (κ1) is 28.0. The Kier molecular flexibility index (Phi) is 9.66. The molecule has 4 N–H and O–H groups in total. The van der Waals surface area contributed by atoms with Crippen molar-refractivity contribution in [2.45, 2.75) is 39.7 Å². The van der Waals surface area contributed by atoms with Crippen molar-refractivity contribution in [3.63, 3.8) is 0 Å². The fraction of sp³-hybridized carbons (Fsp3) is 0.258. The van der Waals surface area contributed by atoms with Gasteiger partial charge in [0.05, 0.1) is 6.54 Å². The van der Waals surface area contributed by atoms with Crippen LogP contribution >= 0.6 is 0 Å². The molecule has 0 heterocycles. The van der Waals surface area contributed by atoms with Crippen molar-refractivity contribution in [1.29, 1.82) is 5.41 Å². The summed E-state index contributed by atoms with van der Waals surface area (Å²) >= 11 is 0. The van der Waals surface area contributed by atoms with E-state index in [1.54, 1.807) is 32.9 Å². The maximum Gasteiger partial charge on any atom is 0.413 e. The van der Waals surface area contributed by atoms with E-state index in [1.807, 2.05) is 67.6 Å². The first-order chi connectivity index (χ1) is 18.1. The monoisotopic (exact) mass is 510 g/mol. The van der Waals surface area contributed by atoms with Gasteiger partial charge in [0, 0.05) is 28.9 Å². The summed E-state index contributed by atoms with van der Waals surface area (Å²) in [7, 11) is 0. The quantitative estimate of drug-likeness (QED) is 0.197. The second-order valence-corrected chi connectivity index (χ2v) is 9.76. The van der Waals surface area contributed by atoms with E-state index in [0.29, 0.717) is 24.2 Å². The average molecular weight is 511 g/mol. The lowest BCUT2D eigenvalue weighted by molar-refractivity contribution is 0.0563. The smallest absolute Gasteiger partial charge is 0.413 e. The lowest BCUT2D eigenvalue weighted by Gasteiger charge is -2.19. The van der Waals surface area contributed by atoms with E-state index in [9.17, 15) is 9.59 Å². The average Bonchev–Trinajstić information content (AvgIpc) is 2.87. The van der Waals surface area contributed by atoms with Crippen LogP contribution in [0.2, 0.25) is 0 Å². The lowest BCUT2D eigenvalue weighted by atomic mass is 10.0. The first-order valence-corrected chi connectivity index (χ1v) is 12.5. The molecule has 3 aromatic carbocycles. The van der Waals surface area contributed by atoms with Crippen LogP contribution in [0.15, 0.2) is 72.8 Å². The number of hydrogen-bond acceptors (Lipinski definition) is 5. The van der Waals surface area contributed by atoms with Crippen LogP contribution in [-0.2, 0) is 11.2 Å². The maximum atomic E-state index is 12.6. The molecule has 0 radical (unpaired) electrons. The number of ether oxygens (including phenoxy) is 1.